The van der Waals surface area contributed by atoms with Gasteiger partial charge in [0, 0.05) is 18.7 Å². The number of hydrogen-bond acceptors (Lipinski definition) is 5. The van der Waals surface area contributed by atoms with Crippen molar-refractivity contribution in [2.24, 2.45) is 0 Å². The van der Waals surface area contributed by atoms with Gasteiger partial charge in [-0.25, -0.2) is 4.39 Å². The maximum atomic E-state index is 13.5. The van der Waals surface area contributed by atoms with E-state index in [0.29, 0.717) is 0 Å². The Kier molecular flexibility index (Phi) is 7.53. The van der Waals surface area contributed by atoms with E-state index in [2.05, 4.69) is 11.9 Å². The van der Waals surface area contributed by atoms with E-state index in [4.69, 9.17) is 4.74 Å². The van der Waals surface area contributed by atoms with Crippen LogP contribution >= 0.6 is 0 Å². The average Bonchev–Trinajstić information content (AvgIpc) is 2.69. The topological polar surface area (TPSA) is 99.0 Å². The molecule has 0 spiro atoms. The van der Waals surface area contributed by atoms with Crippen LogP contribution in [-0.2, 0) is 12.7 Å². The number of carbonyl (C=O) groups excluding carboxylic acids is 1. The van der Waals surface area contributed by atoms with Gasteiger partial charge in [-0.15, -0.1) is 0 Å². The lowest BCUT2D eigenvalue weighted by molar-refractivity contribution is -0.138. The molecule has 32 heavy (non-hydrogen) atoms. The number of phenolic OH excluding ortho intramolecular Hbond substituents is 3. The van der Waals surface area contributed by atoms with E-state index < -0.39 is 52.8 Å². The Labute approximate surface area is 180 Å². The quantitative estimate of drug-likeness (QED) is 0.266. The van der Waals surface area contributed by atoms with E-state index in [9.17, 15) is 37.7 Å². The fraction of sp³-hybridized carbons (Fsp3) is 0.136. The van der Waals surface area contributed by atoms with Gasteiger partial charge in [-0.05, 0) is 42.8 Å². The molecule has 1 amide bonds. The highest BCUT2D eigenvalue weighted by atomic mass is 19.4. The molecule has 0 bridgehead atoms. The smallest absolute Gasteiger partial charge is 0.416 e. The molecule has 2 aromatic carbocycles. The Morgan fingerprint density at radius 1 is 1.12 bits per heavy atom. The fourth-order valence-corrected chi connectivity index (χ4v) is 2.62. The van der Waals surface area contributed by atoms with Crippen molar-refractivity contribution in [1.82, 2.24) is 5.32 Å². The van der Waals surface area contributed by atoms with Crippen molar-refractivity contribution < 1.29 is 42.4 Å². The molecule has 0 fully saturated rings. The van der Waals surface area contributed by atoms with Crippen LogP contribution in [0.4, 0.5) is 17.6 Å². The highest BCUT2D eigenvalue weighted by molar-refractivity contribution is 5.99. The summed E-state index contributed by atoms with van der Waals surface area (Å²) in [6.45, 7) is 4.06. The number of ether oxygens (including phenoxy) is 1. The molecule has 0 aliphatic heterocycles. The van der Waals surface area contributed by atoms with Crippen molar-refractivity contribution in [3.05, 3.63) is 83.4 Å². The second kappa shape index (κ2) is 9.90. The molecule has 0 aliphatic carbocycles. The summed E-state index contributed by atoms with van der Waals surface area (Å²) in [4.78, 5) is 12.2. The molecule has 0 unspecified atom stereocenters. The summed E-state index contributed by atoms with van der Waals surface area (Å²) in [6, 6.07) is 4.64. The second-order valence-corrected chi connectivity index (χ2v) is 6.49. The number of rotatable bonds is 7. The monoisotopic (exact) mass is 453 g/mol. The van der Waals surface area contributed by atoms with Gasteiger partial charge in [-0.2, -0.15) is 13.2 Å². The number of alkyl halides is 3. The van der Waals surface area contributed by atoms with E-state index >= 15 is 0 Å². The molecule has 2 rings (SSSR count). The van der Waals surface area contributed by atoms with Gasteiger partial charge >= 0.3 is 6.18 Å². The van der Waals surface area contributed by atoms with E-state index in [1.54, 1.807) is 0 Å². The number of benzene rings is 2. The van der Waals surface area contributed by atoms with Crippen LogP contribution in [0.2, 0.25) is 0 Å². The number of aromatic hydroxyl groups is 3. The molecule has 4 N–H and O–H groups in total. The zero-order chi connectivity index (χ0) is 24.1. The number of phenols is 3. The van der Waals surface area contributed by atoms with Gasteiger partial charge in [0.25, 0.3) is 5.91 Å². The minimum absolute atomic E-state index is 0.120. The second-order valence-electron chi connectivity index (χ2n) is 6.49. The van der Waals surface area contributed by atoms with Crippen molar-refractivity contribution in [1.29, 1.82) is 0 Å². The Hall–Kier alpha value is -3.95. The summed E-state index contributed by atoms with van der Waals surface area (Å²) in [5, 5.41) is 30.9. The third-order valence-electron chi connectivity index (χ3n) is 4.09. The standard InChI is InChI=1S/C22H19F4NO5/c1-3-14(23)6-4-12(2)32-16-7-5-13(17(10-16)22(24,25)26)11-27-21(31)20-18(29)8-15(28)9-19(20)30/h3-10,28-30H,1,11H2,2H3,(H,27,31)/b12-4+,14-6+. The van der Waals surface area contributed by atoms with Crippen LogP contribution in [-0.4, -0.2) is 21.2 Å². The fourth-order valence-electron chi connectivity index (χ4n) is 2.62. The van der Waals surface area contributed by atoms with Crippen LogP contribution in [0.15, 0.2) is 66.7 Å². The Bertz CT molecular complexity index is 1070. The van der Waals surface area contributed by atoms with Crippen molar-refractivity contribution in [3.63, 3.8) is 0 Å². The van der Waals surface area contributed by atoms with Crippen LogP contribution in [0.1, 0.15) is 28.4 Å². The van der Waals surface area contributed by atoms with Crippen molar-refractivity contribution in [2.45, 2.75) is 19.6 Å². The van der Waals surface area contributed by atoms with E-state index in [0.717, 1.165) is 36.4 Å². The first-order valence-corrected chi connectivity index (χ1v) is 9.00. The van der Waals surface area contributed by atoms with Crippen LogP contribution in [0.5, 0.6) is 23.0 Å². The van der Waals surface area contributed by atoms with Crippen LogP contribution in [0, 0.1) is 0 Å². The van der Waals surface area contributed by atoms with E-state index in [1.807, 2.05) is 0 Å². The molecule has 170 valence electrons. The molecular weight excluding hydrogens is 434 g/mol. The number of halogens is 4. The lowest BCUT2D eigenvalue weighted by Crippen LogP contribution is -2.24. The largest absolute Gasteiger partial charge is 0.508 e. The summed E-state index contributed by atoms with van der Waals surface area (Å²) >= 11 is 0. The van der Waals surface area contributed by atoms with Gasteiger partial charge < -0.3 is 25.4 Å². The number of carbonyl (C=O) groups is 1. The summed E-state index contributed by atoms with van der Waals surface area (Å²) in [7, 11) is 0. The molecule has 0 radical (unpaired) electrons. The van der Waals surface area contributed by atoms with Gasteiger partial charge in [-0.1, -0.05) is 12.6 Å². The lowest BCUT2D eigenvalue weighted by Gasteiger charge is -2.16. The lowest BCUT2D eigenvalue weighted by atomic mass is 10.1. The van der Waals surface area contributed by atoms with Gasteiger partial charge in [0.1, 0.15) is 40.1 Å². The first kappa shape index (κ1) is 24.3. The molecule has 2 aromatic rings. The maximum Gasteiger partial charge on any atom is 0.416 e. The SMILES string of the molecule is C=C/C(F)=C\C=C(/C)Oc1ccc(CNC(=O)c2c(O)cc(O)cc2O)c(C(F)(F)F)c1. The Balaban J connectivity index is 2.25. The first-order chi connectivity index (χ1) is 14.9. The first-order valence-electron chi connectivity index (χ1n) is 9.00. The predicted octanol–water partition coefficient (Wildman–Crippen LogP) is 5.07. The summed E-state index contributed by atoms with van der Waals surface area (Å²) in [5.74, 6) is -3.74. The molecule has 0 aromatic heterocycles. The van der Waals surface area contributed by atoms with Gasteiger partial charge in [0.15, 0.2) is 0 Å². The van der Waals surface area contributed by atoms with E-state index in [-0.39, 0.29) is 17.1 Å². The van der Waals surface area contributed by atoms with Crippen molar-refractivity contribution in [2.75, 3.05) is 0 Å². The van der Waals surface area contributed by atoms with Crippen LogP contribution < -0.4 is 10.1 Å². The van der Waals surface area contributed by atoms with Crippen molar-refractivity contribution in [3.8, 4) is 23.0 Å². The number of allylic oxidation sites excluding steroid dienone is 5. The highest BCUT2D eigenvalue weighted by Gasteiger charge is 2.34. The Morgan fingerprint density at radius 3 is 2.31 bits per heavy atom. The van der Waals surface area contributed by atoms with Crippen LogP contribution in [0.25, 0.3) is 0 Å². The number of nitrogens with one attached hydrogen (secondary N) is 1. The average molecular weight is 453 g/mol. The normalized spacial score (nSPS) is 12.4. The zero-order valence-corrected chi connectivity index (χ0v) is 16.7. The molecule has 0 atom stereocenters. The summed E-state index contributed by atoms with van der Waals surface area (Å²) in [5.41, 5.74) is -2.00. The van der Waals surface area contributed by atoms with Crippen molar-refractivity contribution >= 4 is 5.91 Å². The molecular formula is C22H19F4NO5. The maximum absolute atomic E-state index is 13.5. The molecule has 0 aliphatic rings. The molecule has 0 saturated heterocycles. The molecule has 0 saturated carbocycles. The third-order valence-corrected chi connectivity index (χ3v) is 4.09. The summed E-state index contributed by atoms with van der Waals surface area (Å²) in [6.07, 6.45) is -1.58. The highest BCUT2D eigenvalue weighted by Crippen LogP contribution is 2.35. The number of amides is 1. The molecule has 10 heteroatoms. The zero-order valence-electron chi connectivity index (χ0n) is 16.7. The minimum Gasteiger partial charge on any atom is -0.508 e. The van der Waals surface area contributed by atoms with E-state index in [1.165, 1.54) is 19.1 Å². The Morgan fingerprint density at radius 2 is 1.75 bits per heavy atom. The van der Waals surface area contributed by atoms with Gasteiger partial charge in [0.2, 0.25) is 0 Å². The number of hydrogen-bond donors (Lipinski definition) is 4. The minimum atomic E-state index is -4.78. The predicted molar refractivity (Wildman–Crippen MR) is 108 cm³/mol. The van der Waals surface area contributed by atoms with Gasteiger partial charge in [-0.3, -0.25) is 4.79 Å². The van der Waals surface area contributed by atoms with Crippen LogP contribution in [0.3, 0.4) is 0 Å². The summed E-state index contributed by atoms with van der Waals surface area (Å²) < 4.78 is 58.9. The third kappa shape index (κ3) is 6.27. The van der Waals surface area contributed by atoms with Gasteiger partial charge in [0.05, 0.1) is 5.56 Å². The molecule has 6 nitrogen and oxygen atoms in total. The molecule has 0 heterocycles.